The number of carbonyl (C=O) groups excluding carboxylic acids is 2. The van der Waals surface area contributed by atoms with Crippen LogP contribution in [0.2, 0.25) is 0 Å². The molecule has 0 saturated carbocycles. The lowest BCUT2D eigenvalue weighted by Crippen LogP contribution is -2.54. The normalized spacial score (nSPS) is 22.9. The third kappa shape index (κ3) is 1.13. The van der Waals surface area contributed by atoms with Gasteiger partial charge in [-0.15, -0.1) is 0 Å². The number of nitrogens with zero attached hydrogens (tertiary/aromatic N) is 1. The Morgan fingerprint density at radius 3 is 2.93 bits per heavy atom. The summed E-state index contributed by atoms with van der Waals surface area (Å²) in [4.78, 5) is 23.1. The van der Waals surface area contributed by atoms with E-state index in [2.05, 4.69) is 5.32 Å². The van der Waals surface area contributed by atoms with E-state index in [1.165, 1.54) is 17.7 Å². The molecular weight excluding hydrogens is 184 g/mol. The first-order valence-corrected chi connectivity index (χ1v) is 4.32. The standard InChI is InChI=1S/C9H10N2O3/c1-5(12)7-9(14)11-4-2-3-6(11)8(13)10-7/h2-5,7,12H,1H3,(H,10,13)/t5?,7-/m0/s1. The van der Waals surface area contributed by atoms with E-state index < -0.39 is 12.1 Å². The zero-order chi connectivity index (χ0) is 10.3. The van der Waals surface area contributed by atoms with Crippen molar-refractivity contribution in [1.29, 1.82) is 0 Å². The molecule has 2 rings (SSSR count). The highest BCUT2D eigenvalue weighted by Gasteiger charge is 2.33. The van der Waals surface area contributed by atoms with Crippen molar-refractivity contribution in [3.63, 3.8) is 0 Å². The molecule has 1 amide bonds. The van der Waals surface area contributed by atoms with Crippen molar-refractivity contribution in [3.8, 4) is 0 Å². The molecular formula is C9H10N2O3. The van der Waals surface area contributed by atoms with Gasteiger partial charge in [-0.25, -0.2) is 0 Å². The van der Waals surface area contributed by atoms with Crippen molar-refractivity contribution in [2.24, 2.45) is 0 Å². The van der Waals surface area contributed by atoms with Crippen LogP contribution in [0.1, 0.15) is 22.2 Å². The van der Waals surface area contributed by atoms with E-state index in [1.54, 1.807) is 12.1 Å². The molecule has 1 unspecified atom stereocenters. The van der Waals surface area contributed by atoms with Gasteiger partial charge in [0.25, 0.3) is 11.8 Å². The van der Waals surface area contributed by atoms with E-state index >= 15 is 0 Å². The van der Waals surface area contributed by atoms with Gasteiger partial charge in [-0.05, 0) is 19.1 Å². The number of fused-ring (bicyclic) bond motifs is 1. The van der Waals surface area contributed by atoms with E-state index in [0.29, 0.717) is 5.69 Å². The average Bonchev–Trinajstić information content (AvgIpc) is 2.59. The molecule has 2 heterocycles. The summed E-state index contributed by atoms with van der Waals surface area (Å²) in [6.07, 6.45) is 0.633. The van der Waals surface area contributed by atoms with Gasteiger partial charge in [0.05, 0.1) is 6.10 Å². The second kappa shape index (κ2) is 2.95. The minimum absolute atomic E-state index is 0.306. The molecule has 0 aromatic carbocycles. The van der Waals surface area contributed by atoms with Crippen molar-refractivity contribution >= 4 is 11.8 Å². The van der Waals surface area contributed by atoms with E-state index in [0.717, 1.165) is 0 Å². The zero-order valence-electron chi connectivity index (χ0n) is 7.60. The second-order valence-electron chi connectivity index (χ2n) is 3.29. The van der Waals surface area contributed by atoms with E-state index in [1.807, 2.05) is 0 Å². The first kappa shape index (κ1) is 8.96. The van der Waals surface area contributed by atoms with Crippen molar-refractivity contribution < 1.29 is 14.7 Å². The lowest BCUT2D eigenvalue weighted by molar-refractivity contribution is 0.0608. The van der Waals surface area contributed by atoms with Crippen LogP contribution in [0, 0.1) is 0 Å². The van der Waals surface area contributed by atoms with Gasteiger partial charge in [0.1, 0.15) is 11.7 Å². The maximum absolute atomic E-state index is 11.7. The Morgan fingerprint density at radius 2 is 2.29 bits per heavy atom. The highest BCUT2D eigenvalue weighted by atomic mass is 16.3. The molecule has 74 valence electrons. The number of hydrogen-bond acceptors (Lipinski definition) is 3. The minimum Gasteiger partial charge on any atom is -0.391 e. The summed E-state index contributed by atoms with van der Waals surface area (Å²) in [6, 6.07) is 2.34. The van der Waals surface area contributed by atoms with E-state index in [-0.39, 0.29) is 11.8 Å². The van der Waals surface area contributed by atoms with Crippen LogP contribution in [0.3, 0.4) is 0 Å². The number of aliphatic hydroxyl groups is 1. The number of carbonyl (C=O) groups is 2. The third-order valence-electron chi connectivity index (χ3n) is 2.25. The number of amides is 1. The third-order valence-corrected chi connectivity index (χ3v) is 2.25. The molecule has 14 heavy (non-hydrogen) atoms. The van der Waals surface area contributed by atoms with E-state index in [9.17, 15) is 14.7 Å². The molecule has 1 aliphatic heterocycles. The summed E-state index contributed by atoms with van der Waals surface area (Å²) in [6.45, 7) is 1.47. The van der Waals surface area contributed by atoms with Crippen LogP contribution < -0.4 is 5.32 Å². The summed E-state index contributed by atoms with van der Waals surface area (Å²) in [7, 11) is 0. The Bertz CT molecular complexity index is 395. The fourth-order valence-corrected chi connectivity index (χ4v) is 1.51. The smallest absolute Gasteiger partial charge is 0.269 e. The Hall–Kier alpha value is -1.62. The van der Waals surface area contributed by atoms with Gasteiger partial charge >= 0.3 is 0 Å². The molecule has 0 bridgehead atoms. The van der Waals surface area contributed by atoms with Gasteiger partial charge in [0.2, 0.25) is 0 Å². The SMILES string of the molecule is CC(O)[C@@H]1NC(=O)c2cccn2C1=O. The number of aromatic nitrogens is 1. The fourth-order valence-electron chi connectivity index (χ4n) is 1.51. The number of rotatable bonds is 1. The van der Waals surface area contributed by atoms with Crippen LogP contribution in [-0.2, 0) is 0 Å². The highest BCUT2D eigenvalue weighted by molar-refractivity contribution is 6.04. The van der Waals surface area contributed by atoms with Gasteiger partial charge in [0.15, 0.2) is 0 Å². The van der Waals surface area contributed by atoms with Gasteiger partial charge in [-0.1, -0.05) is 0 Å². The van der Waals surface area contributed by atoms with Crippen LogP contribution in [-0.4, -0.2) is 33.6 Å². The van der Waals surface area contributed by atoms with Crippen molar-refractivity contribution in [2.45, 2.75) is 19.1 Å². The Labute approximate surface area is 80.3 Å². The maximum atomic E-state index is 11.7. The summed E-state index contributed by atoms with van der Waals surface area (Å²) in [5.41, 5.74) is 0.312. The first-order valence-electron chi connectivity index (χ1n) is 4.32. The fraction of sp³-hybridized carbons (Fsp3) is 0.333. The monoisotopic (exact) mass is 194 g/mol. The molecule has 1 aliphatic rings. The number of aliphatic hydroxyl groups excluding tert-OH is 1. The van der Waals surface area contributed by atoms with Crippen molar-refractivity contribution in [3.05, 3.63) is 24.0 Å². The Kier molecular flexibility index (Phi) is 1.89. The predicted molar refractivity (Wildman–Crippen MR) is 48.0 cm³/mol. The molecule has 1 aromatic heterocycles. The maximum Gasteiger partial charge on any atom is 0.269 e. The molecule has 1 aromatic rings. The van der Waals surface area contributed by atoms with E-state index in [4.69, 9.17) is 0 Å². The highest BCUT2D eigenvalue weighted by Crippen LogP contribution is 2.11. The van der Waals surface area contributed by atoms with Crippen LogP contribution in [0.15, 0.2) is 18.3 Å². The molecule has 0 radical (unpaired) electrons. The predicted octanol–water partition coefficient (Wildman–Crippen LogP) is -0.379. The van der Waals surface area contributed by atoms with Gasteiger partial charge in [-0.3, -0.25) is 14.2 Å². The van der Waals surface area contributed by atoms with Crippen LogP contribution in [0.4, 0.5) is 0 Å². The molecule has 2 atom stereocenters. The van der Waals surface area contributed by atoms with Crippen LogP contribution in [0.5, 0.6) is 0 Å². The van der Waals surface area contributed by atoms with Gasteiger partial charge in [0, 0.05) is 6.20 Å². The summed E-state index contributed by atoms with van der Waals surface area (Å²) >= 11 is 0. The molecule has 0 fully saturated rings. The molecule has 2 N–H and O–H groups in total. The first-order chi connectivity index (χ1) is 6.61. The summed E-state index contributed by atoms with van der Waals surface area (Å²) in [5, 5.41) is 11.7. The second-order valence-corrected chi connectivity index (χ2v) is 3.29. The topological polar surface area (TPSA) is 71.3 Å². The minimum atomic E-state index is -0.887. The summed E-state index contributed by atoms with van der Waals surface area (Å²) < 4.78 is 1.26. The van der Waals surface area contributed by atoms with Crippen LogP contribution >= 0.6 is 0 Å². The molecule has 0 aliphatic carbocycles. The van der Waals surface area contributed by atoms with Gasteiger partial charge in [-0.2, -0.15) is 0 Å². The van der Waals surface area contributed by atoms with Crippen molar-refractivity contribution in [1.82, 2.24) is 9.88 Å². The quantitative estimate of drug-likeness (QED) is 0.640. The average molecular weight is 194 g/mol. The lowest BCUT2D eigenvalue weighted by Gasteiger charge is -2.25. The molecule has 5 nitrogen and oxygen atoms in total. The molecule has 0 spiro atoms. The lowest BCUT2D eigenvalue weighted by atomic mass is 10.1. The number of nitrogens with one attached hydrogen (secondary N) is 1. The summed E-state index contributed by atoms with van der Waals surface area (Å²) in [5.74, 6) is -0.639. The van der Waals surface area contributed by atoms with Gasteiger partial charge < -0.3 is 10.4 Å². The molecule has 0 saturated heterocycles. The van der Waals surface area contributed by atoms with Crippen LogP contribution in [0.25, 0.3) is 0 Å². The van der Waals surface area contributed by atoms with Crippen molar-refractivity contribution in [2.75, 3.05) is 0 Å². The molecule has 5 heteroatoms. The Balaban J connectivity index is 2.44. The number of hydrogen-bond donors (Lipinski definition) is 2. The Morgan fingerprint density at radius 1 is 1.57 bits per heavy atom. The zero-order valence-corrected chi connectivity index (χ0v) is 7.60. The largest absolute Gasteiger partial charge is 0.391 e.